The quantitative estimate of drug-likeness (QED) is 0.159. The van der Waals surface area contributed by atoms with Gasteiger partial charge in [-0.1, -0.05) is 146 Å². The molecule has 6 aromatic carbocycles. The molecule has 5 heteroatoms. The zero-order valence-electron chi connectivity index (χ0n) is 30.6. The molecule has 3 heterocycles. The number of allylic oxidation sites excluding steroid dienone is 1. The zero-order valence-corrected chi connectivity index (χ0v) is 31.4. The molecule has 3 aliphatic rings. The van der Waals surface area contributed by atoms with Crippen molar-refractivity contribution in [1.29, 1.82) is 0 Å². The highest BCUT2D eigenvalue weighted by molar-refractivity contribution is 8.11. The largest absolute Gasteiger partial charge is 0.265 e. The predicted molar refractivity (Wildman–Crippen MR) is 229 cm³/mol. The fourth-order valence-corrected chi connectivity index (χ4v) is 9.76. The lowest BCUT2D eigenvalue weighted by Crippen LogP contribution is -2.26. The third-order valence-electron chi connectivity index (χ3n) is 11.6. The van der Waals surface area contributed by atoms with Crippen LogP contribution >= 0.6 is 11.8 Å². The molecule has 4 nitrogen and oxygen atoms in total. The third-order valence-corrected chi connectivity index (χ3v) is 12.8. The topological polar surface area (TPSA) is 51.6 Å². The molecule has 1 fully saturated rings. The first-order valence-corrected chi connectivity index (χ1v) is 20.2. The normalized spacial score (nSPS) is 17.7. The van der Waals surface area contributed by atoms with E-state index in [9.17, 15) is 0 Å². The lowest BCUT2D eigenvalue weighted by atomic mass is 9.62. The molecule has 0 bridgehead atoms. The third kappa shape index (κ3) is 5.87. The van der Waals surface area contributed by atoms with Gasteiger partial charge in [0.15, 0.2) is 17.5 Å². The predicted octanol–water partition coefficient (Wildman–Crippen LogP) is 13.0. The van der Waals surface area contributed by atoms with Gasteiger partial charge in [0, 0.05) is 35.0 Å². The van der Waals surface area contributed by atoms with E-state index in [1.807, 2.05) is 42.4 Å². The fourth-order valence-electron chi connectivity index (χ4n) is 8.77. The Hall–Kier alpha value is -6.43. The van der Waals surface area contributed by atoms with Crippen molar-refractivity contribution >= 4 is 11.8 Å². The summed E-state index contributed by atoms with van der Waals surface area (Å²) < 4.78 is 0. The van der Waals surface area contributed by atoms with E-state index in [0.29, 0.717) is 34.6 Å². The zero-order chi connectivity index (χ0) is 37.0. The van der Waals surface area contributed by atoms with Gasteiger partial charge in [0.25, 0.3) is 0 Å². The van der Waals surface area contributed by atoms with Gasteiger partial charge in [0.1, 0.15) is 0 Å². The summed E-state index contributed by atoms with van der Waals surface area (Å²) in [4.78, 5) is 21.2. The molecule has 11 rings (SSSR count). The van der Waals surface area contributed by atoms with E-state index in [4.69, 9.17) is 15.0 Å². The van der Waals surface area contributed by atoms with Crippen LogP contribution < -0.4 is 0 Å². The van der Waals surface area contributed by atoms with E-state index in [1.54, 1.807) is 4.91 Å². The van der Waals surface area contributed by atoms with Crippen LogP contribution in [0, 0.1) is 0 Å². The van der Waals surface area contributed by atoms with Crippen molar-refractivity contribution in [2.24, 2.45) is 0 Å². The Bertz CT molecular complexity index is 2800. The van der Waals surface area contributed by atoms with Crippen molar-refractivity contribution in [3.63, 3.8) is 0 Å². The smallest absolute Gasteiger partial charge is 0.164 e. The van der Waals surface area contributed by atoms with E-state index in [-0.39, 0.29) is 0 Å². The minimum Gasteiger partial charge on any atom is -0.265 e. The van der Waals surface area contributed by atoms with Crippen LogP contribution in [0.1, 0.15) is 52.2 Å². The number of rotatable bonds is 6. The summed E-state index contributed by atoms with van der Waals surface area (Å²) in [5, 5.41) is 0.555. The first-order chi connectivity index (χ1) is 27.7. The molecule has 2 aliphatic carbocycles. The highest BCUT2D eigenvalue weighted by atomic mass is 32.2. The molecule has 56 heavy (non-hydrogen) atoms. The molecule has 0 radical (unpaired) electrons. The van der Waals surface area contributed by atoms with Gasteiger partial charge in [-0.15, -0.1) is 11.8 Å². The van der Waals surface area contributed by atoms with Gasteiger partial charge in [-0.05, 0) is 97.5 Å². The van der Waals surface area contributed by atoms with Gasteiger partial charge in [-0.25, -0.2) is 15.0 Å². The second-order valence-electron chi connectivity index (χ2n) is 14.9. The highest BCUT2D eigenvalue weighted by Gasteiger charge is 2.43. The summed E-state index contributed by atoms with van der Waals surface area (Å²) in [6.45, 7) is 0. The number of hydrogen-bond acceptors (Lipinski definition) is 5. The minimum atomic E-state index is 0.483. The Labute approximate surface area is 331 Å². The Morgan fingerprint density at radius 3 is 1.88 bits per heavy atom. The number of benzene rings is 6. The van der Waals surface area contributed by atoms with Gasteiger partial charge >= 0.3 is 0 Å². The first-order valence-electron chi connectivity index (χ1n) is 19.4. The van der Waals surface area contributed by atoms with Gasteiger partial charge in [-0.2, -0.15) is 0 Å². The summed E-state index contributed by atoms with van der Waals surface area (Å²) in [7, 11) is 0. The summed E-state index contributed by atoms with van der Waals surface area (Å²) in [5.74, 6) is 2.94. The molecule has 2 aromatic heterocycles. The molecule has 266 valence electrons. The second-order valence-corrected chi connectivity index (χ2v) is 16.0. The van der Waals surface area contributed by atoms with E-state index in [0.717, 1.165) is 45.4 Å². The molecule has 8 aromatic rings. The average molecular weight is 737 g/mol. The maximum Gasteiger partial charge on any atom is 0.164 e. The van der Waals surface area contributed by atoms with Crippen LogP contribution in [0.15, 0.2) is 181 Å². The van der Waals surface area contributed by atoms with Crippen molar-refractivity contribution in [1.82, 2.24) is 19.9 Å². The van der Waals surface area contributed by atoms with Crippen molar-refractivity contribution < 1.29 is 0 Å². The van der Waals surface area contributed by atoms with Crippen LogP contribution in [-0.4, -0.2) is 19.9 Å². The average Bonchev–Trinajstić information content (AvgIpc) is 4.04. The first kappa shape index (κ1) is 33.0. The van der Waals surface area contributed by atoms with Crippen molar-refractivity contribution in [2.45, 2.75) is 29.9 Å². The Morgan fingerprint density at radius 2 is 1.04 bits per heavy atom. The molecule has 0 spiro atoms. The SMILES string of the molecule is C1=C2SC2c2ccccc2C2c3ccc(-c4ccc(-c5nc(-c6cccc(-c7ccncc7)c6)nc(-c6ccccc6-c6ccccc6)n5)cc4)cc3C2CC1. The lowest BCUT2D eigenvalue weighted by Gasteiger charge is -2.41. The Morgan fingerprint density at radius 1 is 0.429 bits per heavy atom. The number of aromatic nitrogens is 4. The maximum absolute atomic E-state index is 5.16. The van der Waals surface area contributed by atoms with Crippen LogP contribution in [0.4, 0.5) is 0 Å². The minimum absolute atomic E-state index is 0.483. The standard InChI is InChI=1S/C51H36N4S/c1-2-10-34(11-3-1)39-14-4-7-17-44(39)51-54-49(53-50(55-51)38-13-8-12-36(30-38)33-26-28-52-29-27-33)35-22-20-32(21-23-35)37-24-25-42-45(31-37)41-18-9-19-46-48(56-46)43-16-6-5-15-40(43)47(41)42/h1-8,10-17,19-31,41,47-48H,9,18H2. The Kier molecular flexibility index (Phi) is 8.06. The number of thioether (sulfide) groups is 1. The molecular weight excluding hydrogens is 701 g/mol. The number of nitrogens with zero attached hydrogens (tertiary/aromatic N) is 4. The lowest BCUT2D eigenvalue weighted by molar-refractivity contribution is 0.497. The summed E-state index contributed by atoms with van der Waals surface area (Å²) >= 11 is 2.03. The van der Waals surface area contributed by atoms with Crippen LogP contribution in [0.5, 0.6) is 0 Å². The van der Waals surface area contributed by atoms with E-state index in [1.165, 1.54) is 39.8 Å². The molecule has 3 unspecified atom stereocenters. The Balaban J connectivity index is 0.970. The number of pyridine rings is 1. The molecule has 0 saturated carbocycles. The number of hydrogen-bond donors (Lipinski definition) is 0. The van der Waals surface area contributed by atoms with Crippen LogP contribution in [-0.2, 0) is 0 Å². The second kappa shape index (κ2) is 13.7. The van der Waals surface area contributed by atoms with Crippen molar-refractivity contribution in [3.05, 3.63) is 203 Å². The van der Waals surface area contributed by atoms with Crippen molar-refractivity contribution in [3.8, 4) is 67.5 Å². The van der Waals surface area contributed by atoms with Gasteiger partial charge in [0.05, 0.1) is 5.25 Å². The summed E-state index contributed by atoms with van der Waals surface area (Å²) in [5.41, 5.74) is 15.7. The van der Waals surface area contributed by atoms with Crippen LogP contribution in [0.2, 0.25) is 0 Å². The van der Waals surface area contributed by atoms with Crippen LogP contribution in [0.25, 0.3) is 67.5 Å². The fraction of sp³-hybridized carbons (Fsp3) is 0.0980. The van der Waals surface area contributed by atoms with Gasteiger partial charge in [-0.3, -0.25) is 4.98 Å². The molecule has 3 atom stereocenters. The highest BCUT2D eigenvalue weighted by Crippen LogP contribution is 2.64. The monoisotopic (exact) mass is 736 g/mol. The van der Waals surface area contributed by atoms with Crippen LogP contribution in [0.3, 0.4) is 0 Å². The molecule has 0 amide bonds. The molecule has 1 aliphatic heterocycles. The maximum atomic E-state index is 5.16. The molecule has 1 saturated heterocycles. The van der Waals surface area contributed by atoms with E-state index >= 15 is 0 Å². The molecular formula is C51H36N4S. The summed E-state index contributed by atoms with van der Waals surface area (Å²) in [6, 6.07) is 56.3. The van der Waals surface area contributed by atoms with E-state index in [2.05, 4.69) is 151 Å². The summed E-state index contributed by atoms with van der Waals surface area (Å²) in [6.07, 6.45) is 8.47. The van der Waals surface area contributed by atoms with Gasteiger partial charge < -0.3 is 0 Å². The van der Waals surface area contributed by atoms with Crippen molar-refractivity contribution in [2.75, 3.05) is 0 Å². The number of fused-ring (bicyclic) bond motifs is 8. The van der Waals surface area contributed by atoms with Gasteiger partial charge in [0.2, 0.25) is 0 Å². The van der Waals surface area contributed by atoms with E-state index < -0.39 is 0 Å². The molecule has 0 N–H and O–H groups in total.